The summed E-state index contributed by atoms with van der Waals surface area (Å²) >= 11 is 0. The fraction of sp³-hybridized carbons (Fsp3) is 0. The molecule has 3 N–H and O–H groups in total. The van der Waals surface area contributed by atoms with Crippen molar-refractivity contribution in [3.63, 3.8) is 0 Å². The van der Waals surface area contributed by atoms with Gasteiger partial charge in [-0.1, -0.05) is 0 Å². The van der Waals surface area contributed by atoms with Crippen LogP contribution in [0, 0.1) is 0 Å². The number of hydrogen-bond donors (Lipinski definition) is 2. The third-order valence-corrected chi connectivity index (χ3v) is 1.85. The second kappa shape index (κ2) is 3.83. The van der Waals surface area contributed by atoms with Crippen LogP contribution in [0.5, 0.6) is 0 Å². The number of nitrogens with two attached hydrogens (primary N) is 1. The highest BCUT2D eigenvalue weighted by molar-refractivity contribution is 6.03. The molecule has 5 heteroatoms. The van der Waals surface area contributed by atoms with Gasteiger partial charge in [0.25, 0.3) is 5.91 Å². The zero-order valence-electron chi connectivity index (χ0n) is 7.81. The Labute approximate surface area is 85.9 Å². The Morgan fingerprint density at radius 2 is 2.33 bits per heavy atom. The van der Waals surface area contributed by atoms with Crippen LogP contribution >= 0.6 is 0 Å². The lowest BCUT2D eigenvalue weighted by atomic mass is 10.3. The molecule has 0 aliphatic heterocycles. The summed E-state index contributed by atoms with van der Waals surface area (Å²) in [5.41, 5.74) is 6.55. The van der Waals surface area contributed by atoms with Crippen LogP contribution in [-0.2, 0) is 0 Å². The highest BCUT2D eigenvalue weighted by Crippen LogP contribution is 2.16. The van der Waals surface area contributed by atoms with E-state index in [9.17, 15) is 4.79 Å². The third kappa shape index (κ3) is 1.96. The first-order valence-corrected chi connectivity index (χ1v) is 4.32. The van der Waals surface area contributed by atoms with Crippen molar-refractivity contribution in [2.75, 3.05) is 11.1 Å². The summed E-state index contributed by atoms with van der Waals surface area (Å²) in [4.78, 5) is 15.4. The number of amides is 1. The molecule has 15 heavy (non-hydrogen) atoms. The molecule has 0 fully saturated rings. The minimum absolute atomic E-state index is 0.242. The molecule has 0 unspecified atom stereocenters. The van der Waals surface area contributed by atoms with E-state index < -0.39 is 0 Å². The van der Waals surface area contributed by atoms with Crippen LogP contribution in [-0.4, -0.2) is 10.9 Å². The summed E-state index contributed by atoms with van der Waals surface area (Å²) < 4.78 is 4.94. The van der Waals surface area contributed by atoms with Crippen molar-refractivity contribution < 1.29 is 9.21 Å². The predicted octanol–water partition coefficient (Wildman–Crippen LogP) is 1.51. The smallest absolute Gasteiger partial charge is 0.291 e. The van der Waals surface area contributed by atoms with E-state index in [1.54, 1.807) is 24.4 Å². The van der Waals surface area contributed by atoms with Crippen LogP contribution in [0.3, 0.4) is 0 Å². The maximum atomic E-state index is 11.5. The van der Waals surface area contributed by atoms with Crippen LogP contribution in [0.15, 0.2) is 41.3 Å². The molecule has 2 aromatic rings. The van der Waals surface area contributed by atoms with Crippen LogP contribution in [0.2, 0.25) is 0 Å². The second-order valence-electron chi connectivity index (χ2n) is 2.89. The van der Waals surface area contributed by atoms with E-state index >= 15 is 0 Å². The normalized spacial score (nSPS) is 9.87. The largest absolute Gasteiger partial charge is 0.459 e. The Morgan fingerprint density at radius 3 is 3.00 bits per heavy atom. The number of furan rings is 1. The summed E-state index contributed by atoms with van der Waals surface area (Å²) in [5, 5.41) is 2.61. The van der Waals surface area contributed by atoms with Gasteiger partial charge in [-0.05, 0) is 18.2 Å². The number of carbonyl (C=O) groups is 1. The van der Waals surface area contributed by atoms with E-state index in [2.05, 4.69) is 10.3 Å². The molecule has 2 aromatic heterocycles. The van der Waals surface area contributed by atoms with Gasteiger partial charge in [-0.2, -0.15) is 0 Å². The van der Waals surface area contributed by atoms with Gasteiger partial charge in [0.15, 0.2) is 5.76 Å². The van der Waals surface area contributed by atoms with Gasteiger partial charge >= 0.3 is 0 Å². The average molecular weight is 203 g/mol. The van der Waals surface area contributed by atoms with Gasteiger partial charge in [0.2, 0.25) is 0 Å². The lowest BCUT2D eigenvalue weighted by Gasteiger charge is -2.04. The molecule has 76 valence electrons. The van der Waals surface area contributed by atoms with Crippen molar-refractivity contribution in [2.24, 2.45) is 0 Å². The first kappa shape index (κ1) is 9.26. The van der Waals surface area contributed by atoms with E-state index in [0.717, 1.165) is 0 Å². The predicted molar refractivity (Wildman–Crippen MR) is 55.3 cm³/mol. The highest BCUT2D eigenvalue weighted by atomic mass is 16.3. The number of pyridine rings is 1. The number of hydrogen-bond acceptors (Lipinski definition) is 4. The minimum Gasteiger partial charge on any atom is -0.459 e. The Kier molecular flexibility index (Phi) is 2.37. The molecule has 0 bridgehead atoms. The SMILES string of the molecule is Nc1cnccc1NC(=O)c1ccco1. The fourth-order valence-electron chi connectivity index (χ4n) is 1.11. The van der Waals surface area contributed by atoms with Crippen LogP contribution in [0.25, 0.3) is 0 Å². The van der Waals surface area contributed by atoms with Gasteiger partial charge < -0.3 is 15.5 Å². The summed E-state index contributed by atoms with van der Waals surface area (Å²) in [5.74, 6) is -0.0934. The summed E-state index contributed by atoms with van der Waals surface area (Å²) in [6.07, 6.45) is 4.46. The highest BCUT2D eigenvalue weighted by Gasteiger charge is 2.09. The van der Waals surface area contributed by atoms with E-state index in [-0.39, 0.29) is 11.7 Å². The molecule has 5 nitrogen and oxygen atoms in total. The lowest BCUT2D eigenvalue weighted by molar-refractivity contribution is 0.0996. The molecule has 2 heterocycles. The molecule has 2 rings (SSSR count). The van der Waals surface area contributed by atoms with E-state index in [1.807, 2.05) is 0 Å². The number of carbonyl (C=O) groups excluding carboxylic acids is 1. The monoisotopic (exact) mass is 203 g/mol. The first-order valence-electron chi connectivity index (χ1n) is 4.32. The number of nitrogens with zero attached hydrogens (tertiary/aromatic N) is 1. The second-order valence-corrected chi connectivity index (χ2v) is 2.89. The van der Waals surface area contributed by atoms with Crippen LogP contribution < -0.4 is 11.1 Å². The third-order valence-electron chi connectivity index (χ3n) is 1.85. The van der Waals surface area contributed by atoms with E-state index in [0.29, 0.717) is 11.4 Å². The number of nitrogen functional groups attached to an aromatic ring is 1. The Bertz CT molecular complexity index is 465. The molecule has 0 radical (unpaired) electrons. The zero-order valence-corrected chi connectivity index (χ0v) is 7.81. The first-order chi connectivity index (χ1) is 7.27. The van der Waals surface area contributed by atoms with Crippen molar-refractivity contribution >= 4 is 17.3 Å². The molecule has 0 saturated heterocycles. The Balaban J connectivity index is 2.17. The number of aromatic nitrogens is 1. The molecule has 0 atom stereocenters. The van der Waals surface area contributed by atoms with Crippen LogP contribution in [0.1, 0.15) is 10.6 Å². The zero-order chi connectivity index (χ0) is 10.7. The fourth-order valence-corrected chi connectivity index (χ4v) is 1.11. The molecular formula is C10H9N3O2. The van der Waals surface area contributed by atoms with Gasteiger partial charge in [0.1, 0.15) is 0 Å². The topological polar surface area (TPSA) is 81.1 Å². The van der Waals surface area contributed by atoms with Crippen molar-refractivity contribution in [3.8, 4) is 0 Å². The Morgan fingerprint density at radius 1 is 1.47 bits per heavy atom. The van der Waals surface area contributed by atoms with Crippen LogP contribution in [0.4, 0.5) is 11.4 Å². The quantitative estimate of drug-likeness (QED) is 0.775. The van der Waals surface area contributed by atoms with Crippen molar-refractivity contribution in [1.29, 1.82) is 0 Å². The van der Waals surface area contributed by atoms with Gasteiger partial charge in [0.05, 0.1) is 23.8 Å². The molecule has 0 aromatic carbocycles. The van der Waals surface area contributed by atoms with Gasteiger partial charge in [-0.15, -0.1) is 0 Å². The summed E-state index contributed by atoms with van der Waals surface area (Å²) in [7, 11) is 0. The van der Waals surface area contributed by atoms with Gasteiger partial charge in [-0.3, -0.25) is 9.78 Å². The summed E-state index contributed by atoms with van der Waals surface area (Å²) in [6.45, 7) is 0. The molecule has 0 aliphatic rings. The maximum Gasteiger partial charge on any atom is 0.291 e. The lowest BCUT2D eigenvalue weighted by Crippen LogP contribution is -2.12. The summed E-state index contributed by atoms with van der Waals surface area (Å²) in [6, 6.07) is 4.84. The molecule has 0 saturated carbocycles. The Hall–Kier alpha value is -2.30. The molecule has 0 aliphatic carbocycles. The van der Waals surface area contributed by atoms with Crippen molar-refractivity contribution in [2.45, 2.75) is 0 Å². The standard InChI is InChI=1S/C10H9N3O2/c11-7-6-12-4-3-8(7)13-10(14)9-2-1-5-15-9/h1-6H,11H2,(H,12,13,14). The number of anilines is 2. The van der Waals surface area contributed by atoms with E-state index in [1.165, 1.54) is 12.5 Å². The molecular weight excluding hydrogens is 194 g/mol. The minimum atomic E-state index is -0.335. The van der Waals surface area contributed by atoms with Gasteiger partial charge in [0, 0.05) is 6.20 Å². The van der Waals surface area contributed by atoms with Gasteiger partial charge in [-0.25, -0.2) is 0 Å². The maximum absolute atomic E-state index is 11.5. The molecule has 0 spiro atoms. The molecule has 1 amide bonds. The number of rotatable bonds is 2. The van der Waals surface area contributed by atoms with E-state index in [4.69, 9.17) is 10.2 Å². The number of nitrogens with one attached hydrogen (secondary N) is 1. The van der Waals surface area contributed by atoms with Crippen molar-refractivity contribution in [1.82, 2.24) is 4.98 Å². The van der Waals surface area contributed by atoms with Crippen molar-refractivity contribution in [3.05, 3.63) is 42.6 Å². The average Bonchev–Trinajstić information content (AvgIpc) is 2.74.